The first-order chi connectivity index (χ1) is 10.0. The molecule has 5 fully saturated rings. The standard InChI is InChI=1S/C15H21N3O3/c19-12-7-18(8-13(20)16-12)14(21)17-15-4-9-1-10(5-15)3-11(2-9)6-15/h9-11H,1-8H2,(H,17,21)(H,16,19,20). The minimum absolute atomic E-state index is 0.0239. The molecular formula is C15H21N3O3. The number of hydrogen-bond acceptors (Lipinski definition) is 3. The van der Waals surface area contributed by atoms with Gasteiger partial charge in [0.15, 0.2) is 0 Å². The summed E-state index contributed by atoms with van der Waals surface area (Å²) in [6.45, 7) is -0.0477. The van der Waals surface area contributed by atoms with E-state index in [1.165, 1.54) is 24.2 Å². The van der Waals surface area contributed by atoms with Crippen molar-refractivity contribution in [3.8, 4) is 0 Å². The van der Waals surface area contributed by atoms with Crippen LogP contribution in [-0.2, 0) is 9.59 Å². The van der Waals surface area contributed by atoms with Gasteiger partial charge in [0, 0.05) is 5.54 Å². The van der Waals surface area contributed by atoms with Gasteiger partial charge in [-0.25, -0.2) is 4.79 Å². The van der Waals surface area contributed by atoms with Gasteiger partial charge in [-0.15, -0.1) is 0 Å². The van der Waals surface area contributed by atoms with Gasteiger partial charge in [-0.3, -0.25) is 14.9 Å². The van der Waals surface area contributed by atoms with Crippen molar-refractivity contribution in [3.63, 3.8) is 0 Å². The van der Waals surface area contributed by atoms with Gasteiger partial charge in [-0.1, -0.05) is 0 Å². The quantitative estimate of drug-likeness (QED) is 0.695. The predicted octanol–water partition coefficient (Wildman–Crippen LogP) is 0.623. The molecule has 6 heteroatoms. The Balaban J connectivity index is 1.47. The van der Waals surface area contributed by atoms with Gasteiger partial charge in [0.25, 0.3) is 0 Å². The molecule has 0 spiro atoms. The maximum atomic E-state index is 12.5. The number of urea groups is 1. The number of hydrogen-bond donors (Lipinski definition) is 2. The van der Waals surface area contributed by atoms with Gasteiger partial charge in [-0.05, 0) is 56.3 Å². The number of nitrogens with one attached hydrogen (secondary N) is 2. The van der Waals surface area contributed by atoms with Crippen molar-refractivity contribution in [2.75, 3.05) is 13.1 Å². The van der Waals surface area contributed by atoms with E-state index in [1.807, 2.05) is 0 Å². The lowest BCUT2D eigenvalue weighted by atomic mass is 9.53. The third kappa shape index (κ3) is 2.30. The van der Waals surface area contributed by atoms with Crippen molar-refractivity contribution in [3.05, 3.63) is 0 Å². The second kappa shape index (κ2) is 4.45. The molecule has 1 heterocycles. The molecule has 0 aromatic heterocycles. The Morgan fingerprint density at radius 1 is 1.00 bits per heavy atom. The fraction of sp³-hybridized carbons (Fsp3) is 0.800. The Labute approximate surface area is 123 Å². The average Bonchev–Trinajstić information content (AvgIpc) is 2.35. The zero-order chi connectivity index (χ0) is 14.6. The van der Waals surface area contributed by atoms with E-state index in [1.54, 1.807) is 0 Å². The van der Waals surface area contributed by atoms with Crippen LogP contribution in [0, 0.1) is 17.8 Å². The lowest BCUT2D eigenvalue weighted by Crippen LogP contribution is -2.64. The molecule has 0 atom stereocenters. The van der Waals surface area contributed by atoms with Crippen LogP contribution in [0.5, 0.6) is 0 Å². The van der Waals surface area contributed by atoms with Gasteiger partial charge in [0.05, 0.1) is 0 Å². The Hall–Kier alpha value is -1.59. The number of amides is 4. The molecular weight excluding hydrogens is 270 g/mol. The van der Waals surface area contributed by atoms with Crippen LogP contribution in [-0.4, -0.2) is 41.4 Å². The van der Waals surface area contributed by atoms with Crippen LogP contribution in [0.1, 0.15) is 38.5 Å². The summed E-state index contributed by atoms with van der Waals surface area (Å²) in [5.74, 6) is 1.47. The fourth-order valence-corrected chi connectivity index (χ4v) is 5.35. The molecule has 1 aliphatic heterocycles. The van der Waals surface area contributed by atoms with E-state index in [4.69, 9.17) is 0 Å². The van der Waals surface area contributed by atoms with E-state index in [9.17, 15) is 14.4 Å². The van der Waals surface area contributed by atoms with Crippen LogP contribution in [0.25, 0.3) is 0 Å². The van der Waals surface area contributed by atoms with Crippen molar-refractivity contribution in [1.82, 2.24) is 15.5 Å². The molecule has 4 bridgehead atoms. The normalized spacial score (nSPS) is 41.1. The first kappa shape index (κ1) is 13.1. The van der Waals surface area contributed by atoms with Crippen LogP contribution >= 0.6 is 0 Å². The highest BCUT2D eigenvalue weighted by atomic mass is 16.2. The number of rotatable bonds is 1. The second-order valence-electron chi connectivity index (χ2n) is 7.46. The monoisotopic (exact) mass is 291 g/mol. The number of nitrogens with zero attached hydrogens (tertiary/aromatic N) is 1. The average molecular weight is 291 g/mol. The van der Waals surface area contributed by atoms with Crippen LogP contribution in [0.2, 0.25) is 0 Å². The summed E-state index contributed by atoms with van der Waals surface area (Å²) in [6, 6.07) is -0.250. The predicted molar refractivity (Wildman–Crippen MR) is 74.2 cm³/mol. The zero-order valence-electron chi connectivity index (χ0n) is 12.1. The molecule has 0 aromatic rings. The molecule has 1 saturated heterocycles. The van der Waals surface area contributed by atoms with E-state index in [0.29, 0.717) is 0 Å². The molecule has 5 aliphatic rings. The molecule has 4 aliphatic carbocycles. The summed E-state index contributed by atoms with van der Waals surface area (Å²) >= 11 is 0. The molecule has 114 valence electrons. The van der Waals surface area contributed by atoms with Gasteiger partial charge in [0.1, 0.15) is 13.1 Å². The van der Waals surface area contributed by atoms with Crippen LogP contribution in [0.4, 0.5) is 4.79 Å². The minimum Gasteiger partial charge on any atom is -0.333 e. The summed E-state index contributed by atoms with van der Waals surface area (Å²) in [6.07, 6.45) is 7.16. The second-order valence-corrected chi connectivity index (χ2v) is 7.46. The highest BCUT2D eigenvalue weighted by Crippen LogP contribution is 2.55. The third-order valence-electron chi connectivity index (χ3n) is 5.65. The van der Waals surface area contributed by atoms with Crippen molar-refractivity contribution in [2.45, 2.75) is 44.1 Å². The third-order valence-corrected chi connectivity index (χ3v) is 5.65. The summed E-state index contributed by atoms with van der Waals surface area (Å²) in [7, 11) is 0. The Kier molecular flexibility index (Phi) is 2.78. The Morgan fingerprint density at radius 2 is 1.48 bits per heavy atom. The van der Waals surface area contributed by atoms with Crippen molar-refractivity contribution in [2.24, 2.45) is 17.8 Å². The Bertz CT molecular complexity index is 465. The lowest BCUT2D eigenvalue weighted by molar-refractivity contribution is -0.135. The summed E-state index contributed by atoms with van der Waals surface area (Å²) in [4.78, 5) is 36.6. The molecule has 0 radical (unpaired) electrons. The van der Waals surface area contributed by atoms with E-state index < -0.39 is 11.8 Å². The highest BCUT2D eigenvalue weighted by Gasteiger charge is 2.52. The van der Waals surface area contributed by atoms with E-state index in [0.717, 1.165) is 37.0 Å². The van der Waals surface area contributed by atoms with Gasteiger partial charge >= 0.3 is 6.03 Å². The van der Waals surface area contributed by atoms with Crippen molar-refractivity contribution >= 4 is 17.8 Å². The van der Waals surface area contributed by atoms with Crippen LogP contribution in [0.15, 0.2) is 0 Å². The van der Waals surface area contributed by atoms with Gasteiger partial charge in [0.2, 0.25) is 11.8 Å². The van der Waals surface area contributed by atoms with E-state index >= 15 is 0 Å². The number of carbonyl (C=O) groups excluding carboxylic acids is 3. The summed E-state index contributed by atoms with van der Waals surface area (Å²) in [5.41, 5.74) is -0.0806. The molecule has 0 aromatic carbocycles. The molecule has 21 heavy (non-hydrogen) atoms. The zero-order valence-corrected chi connectivity index (χ0v) is 12.1. The molecule has 5 rings (SSSR count). The lowest BCUT2D eigenvalue weighted by Gasteiger charge is -2.57. The topological polar surface area (TPSA) is 78.5 Å². The molecule has 2 N–H and O–H groups in total. The molecule has 6 nitrogen and oxygen atoms in total. The summed E-state index contributed by atoms with van der Waals surface area (Å²) in [5, 5.41) is 5.41. The smallest absolute Gasteiger partial charge is 0.318 e. The Morgan fingerprint density at radius 3 is 1.95 bits per heavy atom. The van der Waals surface area contributed by atoms with Crippen molar-refractivity contribution in [1.29, 1.82) is 0 Å². The maximum Gasteiger partial charge on any atom is 0.318 e. The SMILES string of the molecule is O=C1CN(C(=O)NC23CC4CC(CC(C4)C2)C3)CC(=O)N1. The van der Waals surface area contributed by atoms with Gasteiger partial charge in [-0.2, -0.15) is 0 Å². The van der Waals surface area contributed by atoms with Gasteiger partial charge < -0.3 is 10.2 Å². The number of carbonyl (C=O) groups is 3. The molecule has 0 unspecified atom stereocenters. The first-order valence-corrected chi connectivity index (χ1v) is 7.91. The van der Waals surface area contributed by atoms with Crippen LogP contribution in [0.3, 0.4) is 0 Å². The van der Waals surface area contributed by atoms with Crippen LogP contribution < -0.4 is 10.6 Å². The van der Waals surface area contributed by atoms with E-state index in [-0.39, 0.29) is 24.7 Å². The fourth-order valence-electron chi connectivity index (χ4n) is 5.35. The minimum atomic E-state index is -0.396. The van der Waals surface area contributed by atoms with E-state index in [2.05, 4.69) is 10.6 Å². The maximum absolute atomic E-state index is 12.5. The summed E-state index contributed by atoms with van der Waals surface area (Å²) < 4.78 is 0. The van der Waals surface area contributed by atoms with Crippen molar-refractivity contribution < 1.29 is 14.4 Å². The molecule has 4 saturated carbocycles. The number of piperazine rings is 1. The molecule has 4 amide bonds. The first-order valence-electron chi connectivity index (χ1n) is 7.91. The highest BCUT2D eigenvalue weighted by molar-refractivity contribution is 6.02. The number of imide groups is 1. The largest absolute Gasteiger partial charge is 0.333 e.